The lowest BCUT2D eigenvalue weighted by molar-refractivity contribution is -0.383. The zero-order chi connectivity index (χ0) is 26.9. The summed E-state index contributed by atoms with van der Waals surface area (Å²) in [7, 11) is -1.38. The summed E-state index contributed by atoms with van der Waals surface area (Å²) in [5.41, 5.74) is 0.188. The monoisotopic (exact) mass is 564 g/mol. The molecule has 1 heterocycles. The lowest BCUT2D eigenvalue weighted by Crippen LogP contribution is -2.30. The van der Waals surface area contributed by atoms with Gasteiger partial charge in [-0.3, -0.25) is 14.9 Å². The topological polar surface area (TPSA) is 153 Å². The van der Waals surface area contributed by atoms with Crippen LogP contribution < -0.4 is 19.5 Å². The van der Waals surface area contributed by atoms with Gasteiger partial charge in [-0.05, 0) is 42.5 Å². The van der Waals surface area contributed by atoms with E-state index in [1.807, 2.05) is 4.72 Å². The van der Waals surface area contributed by atoms with Gasteiger partial charge in [0.1, 0.15) is 22.7 Å². The summed E-state index contributed by atoms with van der Waals surface area (Å²) in [6.07, 6.45) is 0. The van der Waals surface area contributed by atoms with Crippen LogP contribution in [0.4, 0.5) is 17.1 Å². The number of carbonyl (C=O) groups is 1. The first-order chi connectivity index (χ1) is 17.5. The zero-order valence-corrected chi connectivity index (χ0v) is 21.5. The summed E-state index contributed by atoms with van der Waals surface area (Å²) < 4.78 is 37.6. The molecule has 14 heteroatoms. The van der Waals surface area contributed by atoms with Crippen molar-refractivity contribution in [3.8, 4) is 11.5 Å². The number of non-ortho nitro benzene ring substituents is 1. The number of ether oxygens (including phenoxy) is 2. The fraction of sp³-hybridized carbons (Fsp3) is 0.0870. The van der Waals surface area contributed by atoms with Crippen LogP contribution in [0, 0.1) is 10.1 Å². The molecule has 0 bridgehead atoms. The van der Waals surface area contributed by atoms with E-state index in [9.17, 15) is 23.3 Å². The van der Waals surface area contributed by atoms with Crippen molar-refractivity contribution >= 4 is 67.1 Å². The molecule has 4 rings (SSSR count). The van der Waals surface area contributed by atoms with Gasteiger partial charge in [-0.25, -0.2) is 13.1 Å². The van der Waals surface area contributed by atoms with Crippen LogP contribution >= 0.6 is 23.2 Å². The predicted octanol–water partition coefficient (Wildman–Crippen LogP) is 5.26. The van der Waals surface area contributed by atoms with Gasteiger partial charge >= 0.3 is 0 Å². The van der Waals surface area contributed by atoms with Crippen molar-refractivity contribution in [3.05, 3.63) is 80.5 Å². The molecule has 0 aliphatic rings. The predicted molar refractivity (Wildman–Crippen MR) is 139 cm³/mol. The molecule has 0 spiro atoms. The van der Waals surface area contributed by atoms with Crippen LogP contribution in [0.5, 0.6) is 11.5 Å². The van der Waals surface area contributed by atoms with E-state index in [0.29, 0.717) is 22.9 Å². The number of H-pyrrole nitrogens is 1. The zero-order valence-electron chi connectivity index (χ0n) is 19.2. The Morgan fingerprint density at radius 1 is 0.973 bits per heavy atom. The van der Waals surface area contributed by atoms with Gasteiger partial charge in [0.2, 0.25) is 0 Å². The standard InChI is InChI=1S/C23H18Cl2N4O7S/c1-35-12-3-5-13(6-4-12)37(33,34)28-23(30)19-9-14-17(7-8-20(29(31)32)22(14)27-19)26-18-11-21(36-2)16(25)10-15(18)24/h3-11,26-27H,1-2H3,(H,28,30). The first kappa shape index (κ1) is 26.1. The number of sulfonamides is 1. The van der Waals surface area contributed by atoms with E-state index in [1.54, 1.807) is 6.07 Å². The smallest absolute Gasteiger partial charge is 0.293 e. The van der Waals surface area contributed by atoms with Gasteiger partial charge in [0.15, 0.2) is 0 Å². The van der Waals surface area contributed by atoms with Crippen LogP contribution in [-0.4, -0.2) is 38.5 Å². The molecule has 192 valence electrons. The number of halogens is 2. The third kappa shape index (κ3) is 5.26. The highest BCUT2D eigenvalue weighted by Gasteiger charge is 2.24. The van der Waals surface area contributed by atoms with E-state index >= 15 is 0 Å². The highest BCUT2D eigenvalue weighted by atomic mass is 35.5. The maximum Gasteiger partial charge on any atom is 0.293 e. The number of aromatic amines is 1. The number of benzene rings is 3. The van der Waals surface area contributed by atoms with Crippen molar-refractivity contribution in [1.82, 2.24) is 9.71 Å². The van der Waals surface area contributed by atoms with Crippen LogP contribution in [0.2, 0.25) is 10.0 Å². The lowest BCUT2D eigenvalue weighted by atomic mass is 10.1. The molecule has 1 aromatic heterocycles. The Morgan fingerprint density at radius 3 is 2.30 bits per heavy atom. The second kappa shape index (κ2) is 10.2. The van der Waals surface area contributed by atoms with Crippen molar-refractivity contribution in [2.75, 3.05) is 19.5 Å². The normalized spacial score (nSPS) is 11.2. The number of hydrogen-bond acceptors (Lipinski definition) is 8. The average molecular weight is 565 g/mol. The van der Waals surface area contributed by atoms with Crippen molar-refractivity contribution in [2.45, 2.75) is 4.90 Å². The molecular formula is C23H18Cl2N4O7S. The minimum atomic E-state index is -4.24. The number of rotatable bonds is 8. The van der Waals surface area contributed by atoms with Gasteiger partial charge < -0.3 is 19.8 Å². The summed E-state index contributed by atoms with van der Waals surface area (Å²) in [5, 5.41) is 15.4. The minimum Gasteiger partial charge on any atom is -0.497 e. The third-order valence-electron chi connectivity index (χ3n) is 5.32. The maximum atomic E-state index is 12.9. The number of anilines is 2. The summed E-state index contributed by atoms with van der Waals surface area (Å²) >= 11 is 12.4. The molecule has 0 saturated carbocycles. The molecule has 1 amide bonds. The van der Waals surface area contributed by atoms with E-state index in [-0.39, 0.29) is 37.2 Å². The first-order valence-corrected chi connectivity index (χ1v) is 12.6. The average Bonchev–Trinajstić information content (AvgIpc) is 3.31. The van der Waals surface area contributed by atoms with E-state index in [2.05, 4.69) is 10.3 Å². The largest absolute Gasteiger partial charge is 0.497 e. The van der Waals surface area contributed by atoms with Crippen LogP contribution in [0.15, 0.2) is 59.5 Å². The molecule has 0 saturated heterocycles. The fourth-order valence-electron chi connectivity index (χ4n) is 3.51. The third-order valence-corrected chi connectivity index (χ3v) is 7.28. The van der Waals surface area contributed by atoms with Crippen molar-refractivity contribution in [1.29, 1.82) is 0 Å². The summed E-state index contributed by atoms with van der Waals surface area (Å²) in [6, 6.07) is 12.4. The van der Waals surface area contributed by atoms with E-state index in [1.165, 1.54) is 62.8 Å². The summed E-state index contributed by atoms with van der Waals surface area (Å²) in [4.78, 5) is 26.3. The number of amides is 1. The number of aromatic nitrogens is 1. The number of fused-ring (bicyclic) bond motifs is 1. The Kier molecular flexibility index (Phi) is 7.16. The van der Waals surface area contributed by atoms with Crippen LogP contribution in [0.25, 0.3) is 10.9 Å². The molecule has 0 aliphatic heterocycles. The van der Waals surface area contributed by atoms with Crippen molar-refractivity contribution in [3.63, 3.8) is 0 Å². The number of nitro groups is 1. The summed E-state index contributed by atoms with van der Waals surface area (Å²) in [5.74, 6) is -0.241. The Labute approximate surface area is 220 Å². The van der Waals surface area contributed by atoms with Gasteiger partial charge in [-0.1, -0.05) is 23.2 Å². The molecule has 0 radical (unpaired) electrons. The van der Waals surface area contributed by atoms with Crippen LogP contribution in [0.3, 0.4) is 0 Å². The van der Waals surface area contributed by atoms with E-state index < -0.39 is 20.9 Å². The molecule has 4 aromatic rings. The number of carbonyl (C=O) groups excluding carboxylic acids is 1. The van der Waals surface area contributed by atoms with Gasteiger partial charge in [0, 0.05) is 23.2 Å². The van der Waals surface area contributed by atoms with Gasteiger partial charge in [-0.2, -0.15) is 0 Å². The molecule has 0 unspecified atom stereocenters. The fourth-order valence-corrected chi connectivity index (χ4v) is 4.98. The van der Waals surface area contributed by atoms with Crippen molar-refractivity contribution in [2.24, 2.45) is 0 Å². The van der Waals surface area contributed by atoms with E-state index in [0.717, 1.165) is 0 Å². The quantitative estimate of drug-likeness (QED) is 0.193. The second-order valence-corrected chi connectivity index (χ2v) is 10.1. The highest BCUT2D eigenvalue weighted by molar-refractivity contribution is 7.90. The first-order valence-electron chi connectivity index (χ1n) is 10.4. The van der Waals surface area contributed by atoms with Gasteiger partial charge in [-0.15, -0.1) is 0 Å². The number of nitro benzene ring substituents is 1. The molecular weight excluding hydrogens is 547 g/mol. The number of nitrogens with one attached hydrogen (secondary N) is 3. The highest BCUT2D eigenvalue weighted by Crippen LogP contribution is 2.38. The van der Waals surface area contributed by atoms with Gasteiger partial charge in [0.25, 0.3) is 21.6 Å². The molecule has 37 heavy (non-hydrogen) atoms. The number of hydrogen-bond donors (Lipinski definition) is 3. The minimum absolute atomic E-state index is 0.000883. The Balaban J connectivity index is 1.72. The molecule has 3 aromatic carbocycles. The Morgan fingerprint density at radius 2 is 1.68 bits per heavy atom. The SMILES string of the molecule is COc1ccc(S(=O)(=O)NC(=O)c2cc3c(Nc4cc(OC)c(Cl)cc4Cl)ccc([N+](=O)[O-])c3[nH]2)cc1. The lowest BCUT2D eigenvalue weighted by Gasteiger charge is -2.12. The second-order valence-electron chi connectivity index (χ2n) is 7.56. The number of methoxy groups -OCH3 is 2. The molecule has 0 fully saturated rings. The van der Waals surface area contributed by atoms with E-state index in [4.69, 9.17) is 32.7 Å². The van der Waals surface area contributed by atoms with Crippen LogP contribution in [0.1, 0.15) is 10.5 Å². The summed E-state index contributed by atoms with van der Waals surface area (Å²) in [6.45, 7) is 0. The Bertz CT molecular complexity index is 1640. The maximum absolute atomic E-state index is 12.9. The Hall–Kier alpha value is -4.00. The number of nitrogens with zero attached hydrogens (tertiary/aromatic N) is 1. The molecule has 0 aliphatic carbocycles. The molecule has 3 N–H and O–H groups in total. The van der Waals surface area contributed by atoms with Crippen LogP contribution in [-0.2, 0) is 10.0 Å². The molecule has 0 atom stereocenters. The van der Waals surface area contributed by atoms with Crippen molar-refractivity contribution < 1.29 is 27.6 Å². The molecule has 11 nitrogen and oxygen atoms in total. The van der Waals surface area contributed by atoms with Gasteiger partial charge in [0.05, 0.1) is 39.8 Å².